The van der Waals surface area contributed by atoms with E-state index in [1.54, 1.807) is 0 Å². The van der Waals surface area contributed by atoms with Crippen molar-refractivity contribution in [1.82, 2.24) is 9.97 Å². The van der Waals surface area contributed by atoms with Crippen molar-refractivity contribution in [3.63, 3.8) is 0 Å². The molecule has 0 fully saturated rings. The first-order valence-electron chi connectivity index (χ1n) is 4.90. The molecule has 0 aliphatic rings. The Balaban J connectivity index is 2.71. The molecule has 2 N–H and O–H groups in total. The third kappa shape index (κ3) is 1.18. The first-order valence-corrected chi connectivity index (χ1v) is 4.90. The van der Waals surface area contributed by atoms with E-state index in [1.807, 2.05) is 0 Å². The molecular weight excluding hydrogens is 172 g/mol. The summed E-state index contributed by atoms with van der Waals surface area (Å²) in [7, 11) is 0. The van der Waals surface area contributed by atoms with Crippen LogP contribution in [0, 0.1) is 27.7 Å². The first-order chi connectivity index (χ1) is 6.61. The average Bonchev–Trinajstić information content (AvgIpc) is 2.60. The third-order valence-electron chi connectivity index (χ3n) is 2.80. The molecule has 2 aromatic heterocycles. The summed E-state index contributed by atoms with van der Waals surface area (Å²) in [5.74, 6) is 0. The Morgan fingerprint density at radius 2 is 1.07 bits per heavy atom. The lowest BCUT2D eigenvalue weighted by Crippen LogP contribution is -1.84. The second-order valence-corrected chi connectivity index (χ2v) is 3.94. The fraction of sp³-hybridized carbons (Fsp3) is 0.333. The van der Waals surface area contributed by atoms with Crippen LogP contribution in [-0.4, -0.2) is 9.97 Å². The summed E-state index contributed by atoms with van der Waals surface area (Å²) in [5, 5.41) is 0. The summed E-state index contributed by atoms with van der Waals surface area (Å²) in [6.07, 6.45) is 4.13. The van der Waals surface area contributed by atoms with E-state index in [2.05, 4.69) is 50.1 Å². The highest BCUT2D eigenvalue weighted by Gasteiger charge is 2.13. The van der Waals surface area contributed by atoms with Crippen LogP contribution in [0.5, 0.6) is 0 Å². The SMILES string of the molecule is Cc1c[nH]c(C)c1-c1c(C)c[nH]c1C. The molecule has 2 heteroatoms. The van der Waals surface area contributed by atoms with Gasteiger partial charge in [0, 0.05) is 34.9 Å². The van der Waals surface area contributed by atoms with E-state index >= 15 is 0 Å². The van der Waals surface area contributed by atoms with E-state index < -0.39 is 0 Å². The Labute approximate surface area is 84.4 Å². The maximum absolute atomic E-state index is 3.27. The number of aromatic amines is 2. The molecule has 0 amide bonds. The van der Waals surface area contributed by atoms with Crippen LogP contribution in [0.2, 0.25) is 0 Å². The topological polar surface area (TPSA) is 31.6 Å². The normalized spacial score (nSPS) is 10.9. The largest absolute Gasteiger partial charge is 0.364 e. The molecule has 0 spiro atoms. The van der Waals surface area contributed by atoms with Crippen molar-refractivity contribution in [2.45, 2.75) is 27.7 Å². The highest BCUT2D eigenvalue weighted by molar-refractivity contribution is 5.74. The fourth-order valence-electron chi connectivity index (χ4n) is 2.08. The standard InChI is InChI=1S/C12H16N2/c1-7-5-13-9(3)11(7)12-8(2)6-14-10(12)4/h5-6,13-14H,1-4H3. The second-order valence-electron chi connectivity index (χ2n) is 3.94. The monoisotopic (exact) mass is 188 g/mol. The maximum Gasteiger partial charge on any atom is 0.0198 e. The van der Waals surface area contributed by atoms with E-state index in [0.29, 0.717) is 0 Å². The smallest absolute Gasteiger partial charge is 0.0198 e. The van der Waals surface area contributed by atoms with E-state index in [4.69, 9.17) is 0 Å². The lowest BCUT2D eigenvalue weighted by Gasteiger charge is -2.03. The zero-order valence-corrected chi connectivity index (χ0v) is 9.15. The van der Waals surface area contributed by atoms with E-state index in [9.17, 15) is 0 Å². The Hall–Kier alpha value is -1.44. The number of nitrogens with one attached hydrogen (secondary N) is 2. The van der Waals surface area contributed by atoms with Gasteiger partial charge in [-0.05, 0) is 38.8 Å². The first kappa shape index (κ1) is 9.13. The van der Waals surface area contributed by atoms with Crippen LogP contribution in [0.3, 0.4) is 0 Å². The molecule has 14 heavy (non-hydrogen) atoms. The maximum atomic E-state index is 3.27. The summed E-state index contributed by atoms with van der Waals surface area (Å²) < 4.78 is 0. The molecule has 0 bridgehead atoms. The number of aryl methyl sites for hydroxylation is 4. The molecule has 0 atom stereocenters. The summed E-state index contributed by atoms with van der Waals surface area (Å²) in [4.78, 5) is 6.53. The lowest BCUT2D eigenvalue weighted by atomic mass is 10.00. The Kier molecular flexibility index (Phi) is 1.99. The summed E-state index contributed by atoms with van der Waals surface area (Å²) in [6.45, 7) is 8.53. The van der Waals surface area contributed by atoms with E-state index in [-0.39, 0.29) is 0 Å². The number of H-pyrrole nitrogens is 2. The van der Waals surface area contributed by atoms with Crippen LogP contribution < -0.4 is 0 Å². The summed E-state index contributed by atoms with van der Waals surface area (Å²) in [5.41, 5.74) is 7.81. The minimum absolute atomic E-state index is 1.24. The molecule has 2 heterocycles. The van der Waals surface area contributed by atoms with Gasteiger partial charge in [-0.15, -0.1) is 0 Å². The molecule has 74 valence electrons. The average molecular weight is 188 g/mol. The molecule has 0 saturated heterocycles. The molecule has 0 unspecified atom stereocenters. The number of hydrogen-bond acceptors (Lipinski definition) is 0. The molecule has 0 aliphatic heterocycles. The predicted molar refractivity (Wildman–Crippen MR) is 59.5 cm³/mol. The molecule has 2 nitrogen and oxygen atoms in total. The predicted octanol–water partition coefficient (Wildman–Crippen LogP) is 3.24. The highest BCUT2D eigenvalue weighted by atomic mass is 14.7. The van der Waals surface area contributed by atoms with Gasteiger partial charge in [0.25, 0.3) is 0 Å². The van der Waals surface area contributed by atoms with Gasteiger partial charge in [-0.25, -0.2) is 0 Å². The number of hydrogen-bond donors (Lipinski definition) is 2. The van der Waals surface area contributed by atoms with Crippen LogP contribution >= 0.6 is 0 Å². The third-order valence-corrected chi connectivity index (χ3v) is 2.80. The molecule has 0 aliphatic carbocycles. The zero-order chi connectivity index (χ0) is 10.3. The van der Waals surface area contributed by atoms with Crippen LogP contribution in [0.1, 0.15) is 22.5 Å². The summed E-state index contributed by atoms with van der Waals surface area (Å²) >= 11 is 0. The fourth-order valence-corrected chi connectivity index (χ4v) is 2.08. The number of rotatable bonds is 1. The van der Waals surface area contributed by atoms with Gasteiger partial charge < -0.3 is 9.97 Å². The van der Waals surface area contributed by atoms with E-state index in [0.717, 1.165) is 0 Å². The second kappa shape index (κ2) is 3.05. The van der Waals surface area contributed by atoms with Crippen molar-refractivity contribution < 1.29 is 0 Å². The molecular formula is C12H16N2. The van der Waals surface area contributed by atoms with Crippen molar-refractivity contribution in [1.29, 1.82) is 0 Å². The van der Waals surface area contributed by atoms with Gasteiger partial charge >= 0.3 is 0 Å². The molecule has 0 aromatic carbocycles. The van der Waals surface area contributed by atoms with Gasteiger partial charge in [-0.1, -0.05) is 0 Å². The molecule has 0 radical (unpaired) electrons. The van der Waals surface area contributed by atoms with Gasteiger partial charge in [0.2, 0.25) is 0 Å². The highest BCUT2D eigenvalue weighted by Crippen LogP contribution is 2.31. The van der Waals surface area contributed by atoms with Crippen molar-refractivity contribution in [3.8, 4) is 11.1 Å². The Morgan fingerprint density at radius 1 is 0.714 bits per heavy atom. The minimum atomic E-state index is 1.24. The van der Waals surface area contributed by atoms with Crippen molar-refractivity contribution in [3.05, 3.63) is 34.9 Å². The summed E-state index contributed by atoms with van der Waals surface area (Å²) in [6, 6.07) is 0. The lowest BCUT2D eigenvalue weighted by molar-refractivity contribution is 1.25. The van der Waals surface area contributed by atoms with E-state index in [1.165, 1.54) is 33.6 Å². The van der Waals surface area contributed by atoms with Gasteiger partial charge in [0.05, 0.1) is 0 Å². The van der Waals surface area contributed by atoms with Gasteiger partial charge in [-0.3, -0.25) is 0 Å². The Bertz CT molecular complexity index is 377. The van der Waals surface area contributed by atoms with Crippen molar-refractivity contribution in [2.75, 3.05) is 0 Å². The van der Waals surface area contributed by atoms with Crippen LogP contribution in [0.25, 0.3) is 11.1 Å². The molecule has 0 saturated carbocycles. The molecule has 2 rings (SSSR count). The van der Waals surface area contributed by atoms with Crippen LogP contribution in [-0.2, 0) is 0 Å². The van der Waals surface area contributed by atoms with Gasteiger partial charge in [0.15, 0.2) is 0 Å². The van der Waals surface area contributed by atoms with Crippen LogP contribution in [0.4, 0.5) is 0 Å². The van der Waals surface area contributed by atoms with Crippen LogP contribution in [0.15, 0.2) is 12.4 Å². The zero-order valence-electron chi connectivity index (χ0n) is 9.15. The van der Waals surface area contributed by atoms with Crippen molar-refractivity contribution in [2.24, 2.45) is 0 Å². The Morgan fingerprint density at radius 3 is 1.29 bits per heavy atom. The minimum Gasteiger partial charge on any atom is -0.364 e. The van der Waals surface area contributed by atoms with Gasteiger partial charge in [0.1, 0.15) is 0 Å². The quantitative estimate of drug-likeness (QED) is 0.688. The molecule has 2 aromatic rings. The number of aromatic nitrogens is 2. The van der Waals surface area contributed by atoms with Gasteiger partial charge in [-0.2, -0.15) is 0 Å². The van der Waals surface area contributed by atoms with Crippen molar-refractivity contribution >= 4 is 0 Å².